The Balaban J connectivity index is 1.76. The molecule has 4 N–H and O–H groups in total. The monoisotopic (exact) mass is 429 g/mol. The number of halogens is 5. The van der Waals surface area contributed by atoms with Crippen molar-refractivity contribution in [1.29, 1.82) is 0 Å². The quantitative estimate of drug-likeness (QED) is 0.478. The molecule has 0 saturated heterocycles. The maximum absolute atomic E-state index is 12.2. The van der Waals surface area contributed by atoms with E-state index in [0.717, 1.165) is 0 Å². The number of hydrogen-bond acceptors (Lipinski definition) is 6. The second-order valence-electron chi connectivity index (χ2n) is 5.44. The van der Waals surface area contributed by atoms with E-state index < -0.39 is 6.36 Å². The number of benzene rings is 2. The summed E-state index contributed by atoms with van der Waals surface area (Å²) in [6, 6.07) is 10.1. The van der Waals surface area contributed by atoms with Gasteiger partial charge in [0, 0.05) is 11.4 Å². The summed E-state index contributed by atoms with van der Waals surface area (Å²) in [5, 5.41) is 6.67. The fourth-order valence-electron chi connectivity index (χ4n) is 2.18. The van der Waals surface area contributed by atoms with E-state index in [1.165, 1.54) is 30.6 Å². The molecule has 3 aromatic rings. The Morgan fingerprint density at radius 3 is 2.00 bits per heavy atom. The van der Waals surface area contributed by atoms with E-state index in [0.29, 0.717) is 27.2 Å². The van der Waals surface area contributed by atoms with E-state index in [2.05, 4.69) is 25.3 Å². The molecule has 0 fully saturated rings. The topological polar surface area (TPSA) is 85.1 Å². The average Bonchev–Trinajstić information content (AvgIpc) is 2.62. The molecule has 0 spiro atoms. The predicted molar refractivity (Wildman–Crippen MR) is 103 cm³/mol. The molecule has 1 heterocycles. The van der Waals surface area contributed by atoms with Crippen LogP contribution in [-0.4, -0.2) is 16.3 Å². The van der Waals surface area contributed by atoms with Gasteiger partial charge in [-0.05, 0) is 42.5 Å². The van der Waals surface area contributed by atoms with Crippen LogP contribution < -0.4 is 21.1 Å². The van der Waals surface area contributed by atoms with Crippen molar-refractivity contribution in [1.82, 2.24) is 9.97 Å². The molecule has 0 aliphatic rings. The van der Waals surface area contributed by atoms with Gasteiger partial charge in [0.15, 0.2) is 11.6 Å². The molecule has 6 nitrogen and oxygen atoms in total. The zero-order valence-corrected chi connectivity index (χ0v) is 15.4. The first kappa shape index (κ1) is 19.8. The van der Waals surface area contributed by atoms with Gasteiger partial charge in [0.2, 0.25) is 0 Å². The summed E-state index contributed by atoms with van der Waals surface area (Å²) in [7, 11) is 0. The standard InChI is InChI=1S/C17H12Cl2F3N5O/c18-12-6-3-10(7-13(12)19)27-16-14(23)15(24-8-25-16)26-9-1-4-11(5-2-9)28-17(20,21)22/h1-8H,23H2,(H2,24,25,26,27). The van der Waals surface area contributed by atoms with Gasteiger partial charge in [0.05, 0.1) is 10.0 Å². The van der Waals surface area contributed by atoms with Crippen LogP contribution in [0, 0.1) is 0 Å². The second-order valence-corrected chi connectivity index (χ2v) is 6.25. The number of ether oxygens (including phenoxy) is 1. The minimum Gasteiger partial charge on any atom is -0.406 e. The third-order valence-corrected chi connectivity index (χ3v) is 4.16. The van der Waals surface area contributed by atoms with Crippen LogP contribution in [0.25, 0.3) is 0 Å². The Morgan fingerprint density at radius 1 is 0.857 bits per heavy atom. The number of nitrogens with two attached hydrogens (primary N) is 1. The van der Waals surface area contributed by atoms with Gasteiger partial charge in [-0.3, -0.25) is 0 Å². The maximum Gasteiger partial charge on any atom is 0.573 e. The number of nitrogens with zero attached hydrogens (tertiary/aromatic N) is 2. The van der Waals surface area contributed by atoms with Crippen molar-refractivity contribution in [3.8, 4) is 5.75 Å². The number of alkyl halides is 3. The van der Waals surface area contributed by atoms with Crippen molar-refractivity contribution in [2.24, 2.45) is 0 Å². The van der Waals surface area contributed by atoms with E-state index in [9.17, 15) is 13.2 Å². The zero-order valence-electron chi connectivity index (χ0n) is 13.9. The van der Waals surface area contributed by atoms with E-state index in [1.54, 1.807) is 18.2 Å². The third kappa shape index (κ3) is 5.08. The fourth-order valence-corrected chi connectivity index (χ4v) is 2.48. The molecule has 0 saturated carbocycles. The summed E-state index contributed by atoms with van der Waals surface area (Å²) in [4.78, 5) is 8.12. The van der Waals surface area contributed by atoms with Gasteiger partial charge in [0.25, 0.3) is 0 Å². The minimum atomic E-state index is -4.75. The van der Waals surface area contributed by atoms with Crippen LogP contribution in [0.1, 0.15) is 0 Å². The van der Waals surface area contributed by atoms with Gasteiger partial charge in [-0.25, -0.2) is 9.97 Å². The van der Waals surface area contributed by atoms with Gasteiger partial charge in [-0.1, -0.05) is 23.2 Å². The second kappa shape index (κ2) is 7.99. The average molecular weight is 430 g/mol. The lowest BCUT2D eigenvalue weighted by atomic mass is 10.3. The molecule has 0 bridgehead atoms. The summed E-state index contributed by atoms with van der Waals surface area (Å²) >= 11 is 11.9. The highest BCUT2D eigenvalue weighted by molar-refractivity contribution is 6.42. The Kier molecular flexibility index (Phi) is 5.66. The molecular weight excluding hydrogens is 418 g/mol. The molecule has 0 atom stereocenters. The normalized spacial score (nSPS) is 11.2. The maximum atomic E-state index is 12.2. The van der Waals surface area contributed by atoms with Crippen molar-refractivity contribution >= 4 is 51.9 Å². The Labute approximate surface area is 167 Å². The largest absolute Gasteiger partial charge is 0.573 e. The number of hydrogen-bond donors (Lipinski definition) is 3. The molecule has 0 aliphatic heterocycles. The van der Waals surface area contributed by atoms with Crippen LogP contribution in [0.3, 0.4) is 0 Å². The minimum absolute atomic E-state index is 0.198. The molecule has 1 aromatic heterocycles. The van der Waals surface area contributed by atoms with E-state index in [4.69, 9.17) is 28.9 Å². The van der Waals surface area contributed by atoms with Crippen LogP contribution >= 0.6 is 23.2 Å². The first-order valence-electron chi connectivity index (χ1n) is 7.66. The van der Waals surface area contributed by atoms with Crippen molar-refractivity contribution < 1.29 is 17.9 Å². The van der Waals surface area contributed by atoms with Gasteiger partial charge in [0.1, 0.15) is 17.8 Å². The van der Waals surface area contributed by atoms with E-state index >= 15 is 0 Å². The molecule has 11 heteroatoms. The number of nitrogens with one attached hydrogen (secondary N) is 2. The van der Waals surface area contributed by atoms with Crippen molar-refractivity contribution in [3.05, 3.63) is 58.8 Å². The SMILES string of the molecule is Nc1c(Nc2ccc(OC(F)(F)F)cc2)ncnc1Nc1ccc(Cl)c(Cl)c1. The van der Waals surface area contributed by atoms with Gasteiger partial charge in [-0.2, -0.15) is 0 Å². The molecule has 146 valence electrons. The molecule has 0 aliphatic carbocycles. The van der Waals surface area contributed by atoms with Crippen molar-refractivity contribution in [3.63, 3.8) is 0 Å². The predicted octanol–water partition coefficient (Wildman–Crippen LogP) is 5.75. The van der Waals surface area contributed by atoms with Gasteiger partial charge < -0.3 is 21.1 Å². The van der Waals surface area contributed by atoms with Crippen LogP contribution in [0.15, 0.2) is 48.8 Å². The molecule has 28 heavy (non-hydrogen) atoms. The Hall–Kier alpha value is -2.91. The Morgan fingerprint density at radius 2 is 1.43 bits per heavy atom. The molecule has 0 radical (unpaired) electrons. The van der Waals surface area contributed by atoms with Gasteiger partial charge in [-0.15, -0.1) is 13.2 Å². The molecule has 0 unspecified atom stereocenters. The third-order valence-electron chi connectivity index (χ3n) is 3.42. The van der Waals surface area contributed by atoms with Gasteiger partial charge >= 0.3 is 6.36 Å². The molecule has 0 amide bonds. The molecule has 2 aromatic carbocycles. The molecule has 3 rings (SSSR count). The fraction of sp³-hybridized carbons (Fsp3) is 0.0588. The number of rotatable bonds is 5. The summed E-state index contributed by atoms with van der Waals surface area (Å²) in [5.74, 6) is 0.241. The summed E-state index contributed by atoms with van der Waals surface area (Å²) in [6.07, 6.45) is -3.48. The van der Waals surface area contributed by atoms with Crippen molar-refractivity contribution in [2.45, 2.75) is 6.36 Å². The molecular formula is C17H12Cl2F3N5O. The first-order valence-corrected chi connectivity index (χ1v) is 8.42. The Bertz CT molecular complexity index is 984. The van der Waals surface area contributed by atoms with E-state index in [1.807, 2.05) is 0 Å². The lowest BCUT2D eigenvalue weighted by molar-refractivity contribution is -0.274. The van der Waals surface area contributed by atoms with Crippen LogP contribution in [0.5, 0.6) is 5.75 Å². The number of aromatic nitrogens is 2. The summed E-state index contributed by atoms with van der Waals surface area (Å²) in [6.45, 7) is 0. The van der Waals surface area contributed by atoms with Crippen LogP contribution in [-0.2, 0) is 0 Å². The lowest BCUT2D eigenvalue weighted by Gasteiger charge is -2.13. The summed E-state index contributed by atoms with van der Waals surface area (Å²) in [5.41, 5.74) is 7.35. The highest BCUT2D eigenvalue weighted by atomic mass is 35.5. The highest BCUT2D eigenvalue weighted by Gasteiger charge is 2.30. The lowest BCUT2D eigenvalue weighted by Crippen LogP contribution is -2.17. The summed E-state index contributed by atoms with van der Waals surface area (Å²) < 4.78 is 40.5. The van der Waals surface area contributed by atoms with Crippen molar-refractivity contribution in [2.75, 3.05) is 16.4 Å². The van der Waals surface area contributed by atoms with Crippen LogP contribution in [0.2, 0.25) is 10.0 Å². The zero-order chi connectivity index (χ0) is 20.3. The number of anilines is 5. The highest BCUT2D eigenvalue weighted by Crippen LogP contribution is 2.31. The number of nitrogen functional groups attached to an aromatic ring is 1. The first-order chi connectivity index (χ1) is 13.2. The smallest absolute Gasteiger partial charge is 0.406 e. The van der Waals surface area contributed by atoms with Crippen LogP contribution in [0.4, 0.5) is 41.9 Å². The van der Waals surface area contributed by atoms with E-state index in [-0.39, 0.29) is 17.3 Å².